The Morgan fingerprint density at radius 3 is 2.38 bits per heavy atom. The Bertz CT molecular complexity index is 178. The maximum absolute atomic E-state index is 2.49. The molecule has 0 radical (unpaired) electrons. The van der Waals surface area contributed by atoms with Crippen LogP contribution in [-0.2, 0) is 0 Å². The second kappa shape index (κ2) is 3.29. The van der Waals surface area contributed by atoms with E-state index in [1.807, 2.05) is 0 Å². The third kappa shape index (κ3) is 1.43. The first-order valence-electron chi connectivity index (χ1n) is 6.26. The molecule has 13 heavy (non-hydrogen) atoms. The van der Waals surface area contributed by atoms with E-state index < -0.39 is 0 Å². The van der Waals surface area contributed by atoms with E-state index in [1.54, 1.807) is 12.8 Å². The lowest BCUT2D eigenvalue weighted by molar-refractivity contribution is 0.416. The zero-order valence-electron chi connectivity index (χ0n) is 9.47. The van der Waals surface area contributed by atoms with Crippen molar-refractivity contribution in [1.29, 1.82) is 0 Å². The lowest BCUT2D eigenvalue weighted by Crippen LogP contribution is -1.99. The molecule has 2 aliphatic rings. The molecule has 0 aromatic heterocycles. The largest absolute Gasteiger partial charge is 0.0654 e. The van der Waals surface area contributed by atoms with Crippen molar-refractivity contribution in [2.24, 2.45) is 23.2 Å². The highest BCUT2D eigenvalue weighted by Crippen LogP contribution is 2.78. The van der Waals surface area contributed by atoms with Crippen molar-refractivity contribution < 1.29 is 0 Å². The van der Waals surface area contributed by atoms with Gasteiger partial charge in [-0.2, -0.15) is 0 Å². The third-order valence-corrected chi connectivity index (χ3v) is 4.51. The van der Waals surface area contributed by atoms with E-state index in [1.165, 1.54) is 25.7 Å². The van der Waals surface area contributed by atoms with E-state index in [0.29, 0.717) is 0 Å². The third-order valence-electron chi connectivity index (χ3n) is 4.51. The SMILES string of the molecule is CCCC(C)C1C(CCC)C12CC2. The molecule has 0 saturated heterocycles. The van der Waals surface area contributed by atoms with Gasteiger partial charge in [-0.3, -0.25) is 0 Å². The van der Waals surface area contributed by atoms with Crippen molar-refractivity contribution in [3.8, 4) is 0 Å². The maximum atomic E-state index is 2.49. The minimum absolute atomic E-state index is 0.907. The van der Waals surface area contributed by atoms with Gasteiger partial charge in [-0.25, -0.2) is 0 Å². The van der Waals surface area contributed by atoms with Crippen LogP contribution in [0.5, 0.6) is 0 Å². The Balaban J connectivity index is 1.87. The number of hydrogen-bond acceptors (Lipinski definition) is 0. The zero-order chi connectivity index (χ0) is 9.47. The maximum Gasteiger partial charge on any atom is -0.0232 e. The normalized spacial score (nSPS) is 36.2. The molecule has 0 amide bonds. The van der Waals surface area contributed by atoms with Crippen LogP contribution in [0.1, 0.15) is 59.3 Å². The van der Waals surface area contributed by atoms with E-state index in [0.717, 1.165) is 23.2 Å². The van der Waals surface area contributed by atoms with Crippen LogP contribution in [0.15, 0.2) is 0 Å². The van der Waals surface area contributed by atoms with Gasteiger partial charge in [-0.15, -0.1) is 0 Å². The van der Waals surface area contributed by atoms with Gasteiger partial charge < -0.3 is 0 Å². The molecule has 2 rings (SSSR count). The molecule has 0 bridgehead atoms. The van der Waals surface area contributed by atoms with E-state index in [-0.39, 0.29) is 0 Å². The molecule has 2 saturated carbocycles. The van der Waals surface area contributed by atoms with Gasteiger partial charge in [0.05, 0.1) is 0 Å². The first-order chi connectivity index (χ1) is 6.26. The van der Waals surface area contributed by atoms with Crippen molar-refractivity contribution >= 4 is 0 Å². The molecule has 3 atom stereocenters. The van der Waals surface area contributed by atoms with Crippen molar-refractivity contribution in [2.75, 3.05) is 0 Å². The highest BCUT2D eigenvalue weighted by molar-refractivity contribution is 5.19. The van der Waals surface area contributed by atoms with Crippen LogP contribution in [-0.4, -0.2) is 0 Å². The zero-order valence-corrected chi connectivity index (χ0v) is 9.47. The van der Waals surface area contributed by atoms with Gasteiger partial charge in [0.15, 0.2) is 0 Å². The second-order valence-electron chi connectivity index (χ2n) is 5.42. The molecular formula is C13H24. The average molecular weight is 180 g/mol. The standard InChI is InChI=1S/C13H24/c1-4-6-10(3)12-11(7-5-2)13(12)8-9-13/h10-12H,4-9H2,1-3H3. The Morgan fingerprint density at radius 2 is 1.92 bits per heavy atom. The molecule has 2 aliphatic carbocycles. The predicted molar refractivity (Wildman–Crippen MR) is 57.6 cm³/mol. The van der Waals surface area contributed by atoms with E-state index in [9.17, 15) is 0 Å². The van der Waals surface area contributed by atoms with Crippen LogP contribution >= 0.6 is 0 Å². The summed E-state index contributed by atoms with van der Waals surface area (Å²) in [5, 5.41) is 0. The summed E-state index contributed by atoms with van der Waals surface area (Å²) in [6, 6.07) is 0. The summed E-state index contributed by atoms with van der Waals surface area (Å²) >= 11 is 0. The first-order valence-corrected chi connectivity index (χ1v) is 6.26. The summed E-state index contributed by atoms with van der Waals surface area (Å²) in [5.74, 6) is 3.29. The molecule has 0 heterocycles. The van der Waals surface area contributed by atoms with Gasteiger partial charge in [0.25, 0.3) is 0 Å². The summed E-state index contributed by atoms with van der Waals surface area (Å²) in [5.41, 5.74) is 0.907. The molecule has 0 aromatic carbocycles. The Morgan fingerprint density at radius 1 is 1.23 bits per heavy atom. The number of rotatable bonds is 5. The van der Waals surface area contributed by atoms with E-state index in [2.05, 4.69) is 20.8 Å². The predicted octanol–water partition coefficient (Wildman–Crippen LogP) is 4.25. The monoisotopic (exact) mass is 180 g/mol. The van der Waals surface area contributed by atoms with E-state index in [4.69, 9.17) is 0 Å². The van der Waals surface area contributed by atoms with Gasteiger partial charge >= 0.3 is 0 Å². The minimum atomic E-state index is 0.907. The first kappa shape index (κ1) is 9.55. The average Bonchev–Trinajstić information content (AvgIpc) is 2.95. The van der Waals surface area contributed by atoms with Crippen LogP contribution in [0, 0.1) is 23.2 Å². The summed E-state index contributed by atoms with van der Waals surface area (Å²) in [6.07, 6.45) is 8.90. The van der Waals surface area contributed by atoms with Crippen molar-refractivity contribution in [3.05, 3.63) is 0 Å². The van der Waals surface area contributed by atoms with Crippen LogP contribution in [0.4, 0.5) is 0 Å². The Labute approximate surface area is 83.1 Å². The van der Waals surface area contributed by atoms with Gasteiger partial charge in [-0.05, 0) is 42.4 Å². The molecule has 2 fully saturated rings. The van der Waals surface area contributed by atoms with Gasteiger partial charge in [0, 0.05) is 0 Å². The molecule has 1 spiro atoms. The van der Waals surface area contributed by atoms with Crippen LogP contribution in [0.25, 0.3) is 0 Å². The van der Waals surface area contributed by atoms with Crippen molar-refractivity contribution in [3.63, 3.8) is 0 Å². The van der Waals surface area contributed by atoms with Gasteiger partial charge in [-0.1, -0.05) is 40.0 Å². The summed E-state index contributed by atoms with van der Waals surface area (Å²) in [6.45, 7) is 7.16. The molecule has 3 unspecified atom stereocenters. The second-order valence-corrected chi connectivity index (χ2v) is 5.42. The van der Waals surface area contributed by atoms with Crippen LogP contribution < -0.4 is 0 Å². The fourth-order valence-electron chi connectivity index (χ4n) is 3.84. The Kier molecular flexibility index (Phi) is 2.42. The Hall–Kier alpha value is 0. The van der Waals surface area contributed by atoms with Crippen LogP contribution in [0.2, 0.25) is 0 Å². The van der Waals surface area contributed by atoms with Gasteiger partial charge in [0.2, 0.25) is 0 Å². The summed E-state index contributed by atoms with van der Waals surface area (Å²) < 4.78 is 0. The highest BCUT2D eigenvalue weighted by Gasteiger charge is 2.71. The van der Waals surface area contributed by atoms with Crippen molar-refractivity contribution in [1.82, 2.24) is 0 Å². The fourth-order valence-corrected chi connectivity index (χ4v) is 3.84. The topological polar surface area (TPSA) is 0 Å². The highest BCUT2D eigenvalue weighted by atomic mass is 14.8. The lowest BCUT2D eigenvalue weighted by atomic mass is 9.97. The summed E-state index contributed by atoms with van der Waals surface area (Å²) in [4.78, 5) is 0. The molecule has 0 heteroatoms. The molecular weight excluding hydrogens is 156 g/mol. The summed E-state index contributed by atoms with van der Waals surface area (Å²) in [7, 11) is 0. The molecule has 76 valence electrons. The van der Waals surface area contributed by atoms with Gasteiger partial charge in [0.1, 0.15) is 0 Å². The smallest absolute Gasteiger partial charge is 0.0232 e. The van der Waals surface area contributed by atoms with E-state index >= 15 is 0 Å². The van der Waals surface area contributed by atoms with Crippen molar-refractivity contribution in [2.45, 2.75) is 59.3 Å². The minimum Gasteiger partial charge on any atom is -0.0654 e. The molecule has 0 nitrogen and oxygen atoms in total. The fraction of sp³-hybridized carbons (Fsp3) is 1.00. The molecule has 0 aromatic rings. The lowest BCUT2D eigenvalue weighted by Gasteiger charge is -2.08. The van der Waals surface area contributed by atoms with Crippen LogP contribution in [0.3, 0.4) is 0 Å². The molecule has 0 aliphatic heterocycles. The quantitative estimate of drug-likeness (QED) is 0.593. The molecule has 0 N–H and O–H groups in total. The number of hydrogen-bond donors (Lipinski definition) is 0.